The highest BCUT2D eigenvalue weighted by Crippen LogP contribution is 2.22. The van der Waals surface area contributed by atoms with Crippen LogP contribution >= 0.6 is 24.0 Å². The van der Waals surface area contributed by atoms with Gasteiger partial charge in [0.05, 0.1) is 0 Å². The van der Waals surface area contributed by atoms with Gasteiger partial charge in [-0.2, -0.15) is 0 Å². The number of ether oxygens (including phenoxy) is 1. The second-order valence-corrected chi connectivity index (χ2v) is 7.59. The number of halogens is 1. The second kappa shape index (κ2) is 15.5. The van der Waals surface area contributed by atoms with Crippen LogP contribution < -0.4 is 10.6 Å². The van der Waals surface area contributed by atoms with Crippen molar-refractivity contribution in [3.05, 3.63) is 0 Å². The minimum absolute atomic E-state index is 0. The summed E-state index contributed by atoms with van der Waals surface area (Å²) in [6.07, 6.45) is 7.54. The van der Waals surface area contributed by atoms with Gasteiger partial charge in [0.1, 0.15) is 6.54 Å². The number of aliphatic imine (C=N–C) groups is 1. The Morgan fingerprint density at radius 2 is 1.88 bits per heavy atom. The molecule has 0 bridgehead atoms. The summed E-state index contributed by atoms with van der Waals surface area (Å²) < 4.78 is 5.60. The average molecular weight is 482 g/mol. The van der Waals surface area contributed by atoms with Gasteiger partial charge in [0.2, 0.25) is 5.91 Å². The lowest BCUT2D eigenvalue weighted by atomic mass is 9.89. The molecule has 1 fully saturated rings. The molecule has 0 aromatic carbocycles. The number of carbonyl (C=O) groups is 1. The van der Waals surface area contributed by atoms with Crippen LogP contribution in [-0.2, 0) is 9.53 Å². The van der Waals surface area contributed by atoms with Gasteiger partial charge in [-0.25, -0.2) is 4.99 Å². The van der Waals surface area contributed by atoms with E-state index in [1.54, 1.807) is 19.0 Å². The third kappa shape index (κ3) is 12.7. The van der Waals surface area contributed by atoms with Crippen LogP contribution in [0, 0.1) is 11.8 Å². The highest BCUT2D eigenvalue weighted by molar-refractivity contribution is 14.0. The first-order chi connectivity index (χ1) is 12.0. The fraction of sp³-hybridized carbons (Fsp3) is 0.895. The number of carbonyl (C=O) groups excluding carboxylic acids is 1. The molecule has 0 saturated heterocycles. The van der Waals surface area contributed by atoms with Crippen LogP contribution in [0.3, 0.4) is 0 Å². The molecule has 0 spiro atoms. The third-order valence-corrected chi connectivity index (χ3v) is 4.36. The minimum atomic E-state index is 0. The SMILES string of the molecule is CC(C)COCCCNC(=NCC(=O)N(C)C)NCC1CCCCC1.I. The molecule has 2 N–H and O–H groups in total. The molecular formula is C19H39IN4O2. The summed E-state index contributed by atoms with van der Waals surface area (Å²) in [5.74, 6) is 2.04. The van der Waals surface area contributed by atoms with Gasteiger partial charge in [-0.05, 0) is 31.1 Å². The smallest absolute Gasteiger partial charge is 0.243 e. The van der Waals surface area contributed by atoms with Gasteiger partial charge < -0.3 is 20.3 Å². The molecular weight excluding hydrogens is 443 g/mol. The van der Waals surface area contributed by atoms with E-state index in [9.17, 15) is 4.79 Å². The van der Waals surface area contributed by atoms with E-state index in [2.05, 4.69) is 29.5 Å². The largest absolute Gasteiger partial charge is 0.381 e. The van der Waals surface area contributed by atoms with E-state index in [1.807, 2.05) is 0 Å². The second-order valence-electron chi connectivity index (χ2n) is 7.59. The zero-order valence-corrected chi connectivity index (χ0v) is 19.4. The van der Waals surface area contributed by atoms with Gasteiger partial charge in [0, 0.05) is 40.4 Å². The van der Waals surface area contributed by atoms with E-state index < -0.39 is 0 Å². The van der Waals surface area contributed by atoms with Crippen molar-refractivity contribution in [2.75, 3.05) is 46.9 Å². The van der Waals surface area contributed by atoms with Crippen LogP contribution in [0.25, 0.3) is 0 Å². The average Bonchev–Trinajstić information content (AvgIpc) is 2.59. The summed E-state index contributed by atoms with van der Waals surface area (Å²) in [5.41, 5.74) is 0. The first-order valence-corrected chi connectivity index (χ1v) is 9.79. The van der Waals surface area contributed by atoms with E-state index in [0.717, 1.165) is 44.6 Å². The maximum Gasteiger partial charge on any atom is 0.243 e. The number of nitrogens with one attached hydrogen (secondary N) is 2. The number of likely N-dealkylation sites (N-methyl/N-ethyl adjacent to an activating group) is 1. The van der Waals surface area contributed by atoms with Gasteiger partial charge in [0.25, 0.3) is 0 Å². The first-order valence-electron chi connectivity index (χ1n) is 9.79. The van der Waals surface area contributed by atoms with Gasteiger partial charge >= 0.3 is 0 Å². The Kier molecular flexibility index (Phi) is 15.1. The van der Waals surface area contributed by atoms with Crippen molar-refractivity contribution >= 4 is 35.8 Å². The van der Waals surface area contributed by atoms with Gasteiger partial charge in [-0.3, -0.25) is 4.79 Å². The molecule has 154 valence electrons. The maximum absolute atomic E-state index is 11.8. The van der Waals surface area contributed by atoms with Crippen molar-refractivity contribution < 1.29 is 9.53 Å². The molecule has 26 heavy (non-hydrogen) atoms. The number of hydrogen-bond donors (Lipinski definition) is 2. The van der Waals surface area contributed by atoms with Gasteiger partial charge in [-0.1, -0.05) is 33.1 Å². The van der Waals surface area contributed by atoms with Gasteiger partial charge in [-0.15, -0.1) is 24.0 Å². The molecule has 0 aliphatic heterocycles. The Bertz CT molecular complexity index is 397. The monoisotopic (exact) mass is 482 g/mol. The van der Waals surface area contributed by atoms with E-state index in [1.165, 1.54) is 32.1 Å². The summed E-state index contributed by atoms with van der Waals surface area (Å²) >= 11 is 0. The van der Waals surface area contributed by atoms with Crippen molar-refractivity contribution in [2.45, 2.75) is 52.4 Å². The molecule has 0 unspecified atom stereocenters. The zero-order chi connectivity index (χ0) is 18.5. The summed E-state index contributed by atoms with van der Waals surface area (Å²) in [5, 5.41) is 6.75. The van der Waals surface area contributed by atoms with Crippen LogP contribution in [0.5, 0.6) is 0 Å². The molecule has 0 atom stereocenters. The maximum atomic E-state index is 11.8. The molecule has 0 radical (unpaired) electrons. The molecule has 1 rings (SSSR count). The molecule has 6 nitrogen and oxygen atoms in total. The van der Waals surface area contributed by atoms with Crippen molar-refractivity contribution in [3.63, 3.8) is 0 Å². The number of amides is 1. The Balaban J connectivity index is 0.00000625. The Morgan fingerprint density at radius 3 is 2.50 bits per heavy atom. The highest BCUT2D eigenvalue weighted by atomic mass is 127. The molecule has 1 amide bonds. The molecule has 0 aromatic rings. The summed E-state index contributed by atoms with van der Waals surface area (Å²) in [6.45, 7) is 7.77. The first kappa shape index (κ1) is 25.4. The molecule has 0 heterocycles. The van der Waals surface area contributed by atoms with Crippen molar-refractivity contribution in [2.24, 2.45) is 16.8 Å². The van der Waals surface area contributed by atoms with Crippen molar-refractivity contribution in [1.82, 2.24) is 15.5 Å². The van der Waals surface area contributed by atoms with E-state index in [-0.39, 0.29) is 36.4 Å². The van der Waals surface area contributed by atoms with Crippen LogP contribution in [0.4, 0.5) is 0 Å². The van der Waals surface area contributed by atoms with E-state index in [4.69, 9.17) is 4.74 Å². The summed E-state index contributed by atoms with van der Waals surface area (Å²) in [6, 6.07) is 0. The Labute approximate surface area is 176 Å². The number of guanidine groups is 1. The summed E-state index contributed by atoms with van der Waals surface area (Å²) in [7, 11) is 3.51. The predicted molar refractivity (Wildman–Crippen MR) is 119 cm³/mol. The normalized spacial score (nSPS) is 15.5. The Hall–Kier alpha value is -0.570. The topological polar surface area (TPSA) is 66.0 Å². The minimum Gasteiger partial charge on any atom is -0.381 e. The van der Waals surface area contributed by atoms with Crippen molar-refractivity contribution in [3.8, 4) is 0 Å². The quantitative estimate of drug-likeness (QED) is 0.218. The molecule has 7 heteroatoms. The zero-order valence-electron chi connectivity index (χ0n) is 17.1. The van der Waals surface area contributed by atoms with Gasteiger partial charge in [0.15, 0.2) is 5.96 Å². The summed E-state index contributed by atoms with van der Waals surface area (Å²) in [4.78, 5) is 17.8. The van der Waals surface area contributed by atoms with Crippen LogP contribution in [0.15, 0.2) is 4.99 Å². The van der Waals surface area contributed by atoms with Crippen LogP contribution in [-0.4, -0.2) is 63.7 Å². The lowest BCUT2D eigenvalue weighted by Crippen LogP contribution is -2.41. The van der Waals surface area contributed by atoms with Crippen LogP contribution in [0.1, 0.15) is 52.4 Å². The predicted octanol–water partition coefficient (Wildman–Crippen LogP) is 2.87. The fourth-order valence-electron chi connectivity index (χ4n) is 2.79. The lowest BCUT2D eigenvalue weighted by Gasteiger charge is -2.23. The molecule has 1 aliphatic rings. The van der Waals surface area contributed by atoms with E-state index >= 15 is 0 Å². The third-order valence-electron chi connectivity index (χ3n) is 4.36. The standard InChI is InChI=1S/C19H38N4O2.HI/c1-16(2)15-25-12-8-11-20-19(22-14-18(24)23(3)4)21-13-17-9-6-5-7-10-17;/h16-17H,5-15H2,1-4H3,(H2,20,21,22);1H. The van der Waals surface area contributed by atoms with E-state index in [0.29, 0.717) is 5.92 Å². The Morgan fingerprint density at radius 1 is 1.19 bits per heavy atom. The highest BCUT2D eigenvalue weighted by Gasteiger charge is 2.14. The van der Waals surface area contributed by atoms with Crippen molar-refractivity contribution in [1.29, 1.82) is 0 Å². The number of hydrogen-bond acceptors (Lipinski definition) is 3. The fourth-order valence-corrected chi connectivity index (χ4v) is 2.79. The molecule has 0 aromatic heterocycles. The number of rotatable bonds is 10. The molecule has 1 aliphatic carbocycles. The van der Waals surface area contributed by atoms with Crippen LogP contribution in [0.2, 0.25) is 0 Å². The molecule has 1 saturated carbocycles. The lowest BCUT2D eigenvalue weighted by molar-refractivity contribution is -0.127. The number of nitrogens with zero attached hydrogens (tertiary/aromatic N) is 2.